The van der Waals surface area contributed by atoms with Crippen LogP contribution in [0.5, 0.6) is 11.8 Å². The number of unbranched alkanes of at least 4 members (excludes halogenated alkanes) is 1. The molecule has 0 saturated heterocycles. The molecule has 34 heavy (non-hydrogen) atoms. The molecule has 0 aromatic carbocycles. The Hall–Kier alpha value is -4.52. The van der Waals surface area contributed by atoms with Crippen LogP contribution in [-0.4, -0.2) is 75.1 Å². The lowest BCUT2D eigenvalue weighted by molar-refractivity contribution is -0.150. The fourth-order valence-corrected chi connectivity index (χ4v) is 2.88. The minimum absolute atomic E-state index is 0.0721. The molecule has 15 nitrogen and oxygen atoms in total. The number of carbonyl (C=O) groups excluding carboxylic acids is 5. The Kier molecular flexibility index (Phi) is 9.46. The SMILES string of the molecule is [N-]=[N+]=NCC(=O)NCCCC[C@H](NC(=O)CCN1C(=O)C=CC1=O)C(=O)On1c(O)ccc1O. The van der Waals surface area contributed by atoms with Crippen molar-refractivity contribution in [2.75, 3.05) is 19.6 Å². The molecule has 0 bridgehead atoms. The van der Waals surface area contributed by atoms with Crippen LogP contribution >= 0.6 is 0 Å². The van der Waals surface area contributed by atoms with E-state index < -0.39 is 47.4 Å². The van der Waals surface area contributed by atoms with E-state index in [4.69, 9.17) is 10.4 Å². The first-order valence-electron chi connectivity index (χ1n) is 10.1. The second-order valence-electron chi connectivity index (χ2n) is 7.02. The van der Waals surface area contributed by atoms with Gasteiger partial charge in [0.15, 0.2) is 0 Å². The number of aromatic nitrogens is 1. The smallest absolute Gasteiger partial charge is 0.355 e. The average molecular weight is 477 g/mol. The highest BCUT2D eigenvalue weighted by Gasteiger charge is 2.27. The molecule has 1 aromatic heterocycles. The second-order valence-corrected chi connectivity index (χ2v) is 7.02. The van der Waals surface area contributed by atoms with E-state index in [9.17, 15) is 34.2 Å². The topological polar surface area (TPSA) is 216 Å². The molecule has 0 unspecified atom stereocenters. The van der Waals surface area contributed by atoms with E-state index in [1.165, 1.54) is 0 Å². The van der Waals surface area contributed by atoms with Crippen molar-refractivity contribution in [1.29, 1.82) is 0 Å². The minimum atomic E-state index is -1.20. The molecule has 0 saturated carbocycles. The quantitative estimate of drug-likeness (QED) is 0.0929. The van der Waals surface area contributed by atoms with Crippen molar-refractivity contribution in [3.8, 4) is 11.8 Å². The van der Waals surface area contributed by atoms with Gasteiger partial charge in [-0.25, -0.2) is 4.79 Å². The fourth-order valence-electron chi connectivity index (χ4n) is 2.88. The summed E-state index contributed by atoms with van der Waals surface area (Å²) in [5.74, 6) is -4.28. The molecule has 2 heterocycles. The summed E-state index contributed by atoms with van der Waals surface area (Å²) in [6.07, 6.45) is 2.73. The van der Waals surface area contributed by atoms with Gasteiger partial charge in [-0.2, -0.15) is 0 Å². The number of amides is 4. The number of hydrogen-bond donors (Lipinski definition) is 4. The van der Waals surface area contributed by atoms with Crippen LogP contribution in [0.4, 0.5) is 0 Å². The maximum absolute atomic E-state index is 12.6. The number of nitrogens with zero attached hydrogens (tertiary/aromatic N) is 5. The van der Waals surface area contributed by atoms with Crippen LogP contribution in [0.3, 0.4) is 0 Å². The lowest BCUT2D eigenvalue weighted by Gasteiger charge is -2.19. The van der Waals surface area contributed by atoms with Gasteiger partial charge in [0, 0.05) is 48.7 Å². The third kappa shape index (κ3) is 7.56. The monoisotopic (exact) mass is 477 g/mol. The third-order valence-corrected chi connectivity index (χ3v) is 4.58. The van der Waals surface area contributed by atoms with Gasteiger partial charge in [0.25, 0.3) is 11.8 Å². The van der Waals surface area contributed by atoms with Crippen molar-refractivity contribution in [2.45, 2.75) is 31.7 Å². The van der Waals surface area contributed by atoms with Crippen molar-refractivity contribution in [1.82, 2.24) is 20.3 Å². The molecule has 4 amide bonds. The highest BCUT2D eigenvalue weighted by Crippen LogP contribution is 2.19. The van der Waals surface area contributed by atoms with Crippen LogP contribution in [-0.2, 0) is 24.0 Å². The predicted octanol–water partition coefficient (Wildman–Crippen LogP) is -0.749. The maximum atomic E-state index is 12.6. The van der Waals surface area contributed by atoms with Crippen LogP contribution in [0, 0.1) is 0 Å². The summed E-state index contributed by atoms with van der Waals surface area (Å²) in [6, 6.07) is 0.983. The first kappa shape index (κ1) is 25.7. The van der Waals surface area contributed by atoms with Gasteiger partial charge in [0.1, 0.15) is 12.6 Å². The van der Waals surface area contributed by atoms with E-state index in [1.54, 1.807) is 0 Å². The van der Waals surface area contributed by atoms with Crippen molar-refractivity contribution in [3.05, 3.63) is 34.7 Å². The summed E-state index contributed by atoms with van der Waals surface area (Å²) < 4.78 is 0.477. The predicted molar refractivity (Wildman–Crippen MR) is 113 cm³/mol. The molecule has 4 N–H and O–H groups in total. The van der Waals surface area contributed by atoms with E-state index in [2.05, 4.69) is 20.7 Å². The largest absolute Gasteiger partial charge is 0.492 e. The van der Waals surface area contributed by atoms with Gasteiger partial charge >= 0.3 is 5.97 Å². The number of nitrogens with one attached hydrogen (secondary N) is 2. The van der Waals surface area contributed by atoms with Crippen LogP contribution in [0.2, 0.25) is 0 Å². The molecule has 2 rings (SSSR count). The van der Waals surface area contributed by atoms with Gasteiger partial charge in [0.05, 0.1) is 0 Å². The van der Waals surface area contributed by atoms with Gasteiger partial charge in [-0.3, -0.25) is 24.1 Å². The molecular weight excluding hydrogens is 454 g/mol. The molecule has 1 atom stereocenters. The number of carbonyl (C=O) groups is 5. The van der Waals surface area contributed by atoms with E-state index >= 15 is 0 Å². The molecule has 182 valence electrons. The average Bonchev–Trinajstić information content (AvgIpc) is 3.29. The van der Waals surface area contributed by atoms with Crippen molar-refractivity contribution >= 4 is 29.6 Å². The summed E-state index contributed by atoms with van der Waals surface area (Å²) in [6.45, 7) is -0.307. The molecule has 0 spiro atoms. The number of rotatable bonds is 13. The van der Waals surface area contributed by atoms with Crippen LogP contribution in [0.1, 0.15) is 25.7 Å². The maximum Gasteiger partial charge on any atom is 0.355 e. The van der Waals surface area contributed by atoms with Gasteiger partial charge < -0.3 is 25.7 Å². The summed E-state index contributed by atoms with van der Waals surface area (Å²) >= 11 is 0. The van der Waals surface area contributed by atoms with Gasteiger partial charge in [-0.05, 0) is 24.8 Å². The Morgan fingerprint density at radius 3 is 2.35 bits per heavy atom. The van der Waals surface area contributed by atoms with Gasteiger partial charge in [-0.1, -0.05) is 5.11 Å². The number of hydrogen-bond acceptors (Lipinski definition) is 9. The zero-order valence-corrected chi connectivity index (χ0v) is 17.9. The molecule has 0 aliphatic carbocycles. The minimum Gasteiger partial charge on any atom is -0.492 e. The number of azide groups is 1. The summed E-state index contributed by atoms with van der Waals surface area (Å²) in [4.78, 5) is 67.8. The van der Waals surface area contributed by atoms with Crippen molar-refractivity contribution in [3.63, 3.8) is 0 Å². The number of imide groups is 1. The van der Waals surface area contributed by atoms with E-state index in [0.29, 0.717) is 17.6 Å². The zero-order valence-electron chi connectivity index (χ0n) is 17.9. The van der Waals surface area contributed by atoms with Gasteiger partial charge in [0.2, 0.25) is 23.6 Å². The van der Waals surface area contributed by atoms with Crippen LogP contribution in [0.25, 0.3) is 10.4 Å². The van der Waals surface area contributed by atoms with Crippen molar-refractivity contribution < 1.29 is 39.0 Å². The van der Waals surface area contributed by atoms with E-state index in [1.807, 2.05) is 0 Å². The third-order valence-electron chi connectivity index (χ3n) is 4.58. The summed E-state index contributed by atoms with van der Waals surface area (Å²) in [7, 11) is 0. The molecule has 1 aromatic rings. The highest BCUT2D eigenvalue weighted by molar-refractivity contribution is 6.13. The standard InChI is InChI=1S/C19H23N7O8/c20-24-22-11-14(28)21-9-2-1-3-12(19(33)34-26-17(31)6-7-18(26)32)23-13(27)8-10-25-15(29)4-5-16(25)30/h4-7,12,31-32H,1-3,8-11H2,(H,21,28)(H,23,27)/t12-/m0/s1. The van der Waals surface area contributed by atoms with Crippen LogP contribution in [0.15, 0.2) is 29.4 Å². The van der Waals surface area contributed by atoms with Crippen LogP contribution < -0.4 is 15.5 Å². The Balaban J connectivity index is 1.91. The number of aromatic hydroxyl groups is 2. The first-order chi connectivity index (χ1) is 16.2. The molecular formula is C19H23N7O8. The first-order valence-corrected chi connectivity index (χ1v) is 10.1. The lowest BCUT2D eigenvalue weighted by atomic mass is 10.1. The lowest BCUT2D eigenvalue weighted by Crippen LogP contribution is -2.45. The van der Waals surface area contributed by atoms with Crippen molar-refractivity contribution in [2.24, 2.45) is 5.11 Å². The highest BCUT2D eigenvalue weighted by atomic mass is 16.7. The molecule has 0 radical (unpaired) electrons. The summed E-state index contributed by atoms with van der Waals surface area (Å²) in [5, 5.41) is 27.4. The molecule has 1 aliphatic rings. The normalized spacial score (nSPS) is 13.4. The second kappa shape index (κ2) is 12.5. The summed E-state index contributed by atoms with van der Waals surface area (Å²) in [5.41, 5.74) is 8.19. The Bertz CT molecular complexity index is 990. The Morgan fingerprint density at radius 2 is 1.74 bits per heavy atom. The van der Waals surface area contributed by atoms with E-state index in [0.717, 1.165) is 29.2 Å². The van der Waals surface area contributed by atoms with E-state index in [-0.39, 0.29) is 32.5 Å². The Labute approximate surface area is 192 Å². The van der Waals surface area contributed by atoms with Gasteiger partial charge in [-0.15, -0.1) is 4.73 Å². The zero-order chi connectivity index (χ0) is 25.1. The fraction of sp³-hybridized carbons (Fsp3) is 0.421. The molecule has 0 fully saturated rings. The Morgan fingerprint density at radius 1 is 1.09 bits per heavy atom. The molecule has 1 aliphatic heterocycles. The molecule has 15 heteroatoms.